The second-order valence-corrected chi connectivity index (χ2v) is 2.83. The van der Waals surface area contributed by atoms with E-state index >= 15 is 0 Å². The molecular formula is C8H16N2O5. The van der Waals surface area contributed by atoms with Crippen LogP contribution in [0.4, 0.5) is 0 Å². The molecule has 0 aromatic rings. The Bertz CT molecular complexity index is 209. The molecular weight excluding hydrogens is 204 g/mol. The Morgan fingerprint density at radius 2 is 1.87 bits per heavy atom. The first kappa shape index (κ1) is 13.8. The molecule has 0 saturated carbocycles. The highest BCUT2D eigenvalue weighted by Crippen LogP contribution is 1.88. The van der Waals surface area contributed by atoms with Crippen LogP contribution in [0, 0.1) is 0 Å². The van der Waals surface area contributed by atoms with E-state index in [1.807, 2.05) is 0 Å². The number of amides is 1. The molecule has 0 fully saturated rings. The molecule has 0 aromatic carbocycles. The van der Waals surface area contributed by atoms with Gasteiger partial charge in [0.25, 0.3) is 0 Å². The standard InChI is InChI=1S/C8H16N2O5/c11-3-1-9-5-7(13)10(2-4-12)6-8(14)15/h9,11-12H,1-6H2,(H,14,15). The number of rotatable bonds is 8. The van der Waals surface area contributed by atoms with Crippen molar-refractivity contribution in [2.75, 3.05) is 39.4 Å². The number of nitrogens with one attached hydrogen (secondary N) is 1. The second kappa shape index (κ2) is 8.16. The third-order valence-corrected chi connectivity index (χ3v) is 1.61. The van der Waals surface area contributed by atoms with Crippen LogP contribution in [-0.4, -0.2) is 71.5 Å². The van der Waals surface area contributed by atoms with Gasteiger partial charge in [0.2, 0.25) is 5.91 Å². The monoisotopic (exact) mass is 220 g/mol. The maximum atomic E-state index is 11.4. The third-order valence-electron chi connectivity index (χ3n) is 1.61. The summed E-state index contributed by atoms with van der Waals surface area (Å²) < 4.78 is 0. The van der Waals surface area contributed by atoms with Gasteiger partial charge >= 0.3 is 5.97 Å². The first-order valence-electron chi connectivity index (χ1n) is 4.53. The van der Waals surface area contributed by atoms with E-state index in [0.717, 1.165) is 4.90 Å². The van der Waals surface area contributed by atoms with Crippen molar-refractivity contribution in [1.29, 1.82) is 0 Å². The van der Waals surface area contributed by atoms with Crippen molar-refractivity contribution < 1.29 is 24.9 Å². The van der Waals surface area contributed by atoms with Crippen molar-refractivity contribution in [3.8, 4) is 0 Å². The van der Waals surface area contributed by atoms with E-state index in [4.69, 9.17) is 15.3 Å². The van der Waals surface area contributed by atoms with Crippen LogP contribution in [0.1, 0.15) is 0 Å². The van der Waals surface area contributed by atoms with Crippen LogP contribution in [-0.2, 0) is 9.59 Å². The molecule has 1 amide bonds. The largest absolute Gasteiger partial charge is 0.480 e. The highest BCUT2D eigenvalue weighted by molar-refractivity contribution is 5.82. The van der Waals surface area contributed by atoms with Crippen molar-refractivity contribution >= 4 is 11.9 Å². The molecule has 0 aliphatic rings. The zero-order valence-corrected chi connectivity index (χ0v) is 8.35. The molecule has 0 saturated heterocycles. The quantitative estimate of drug-likeness (QED) is 0.336. The summed E-state index contributed by atoms with van der Waals surface area (Å²) in [7, 11) is 0. The van der Waals surface area contributed by atoms with Crippen LogP contribution in [0.15, 0.2) is 0 Å². The topological polar surface area (TPSA) is 110 Å². The number of hydrogen-bond donors (Lipinski definition) is 4. The summed E-state index contributed by atoms with van der Waals surface area (Å²) in [4.78, 5) is 22.8. The smallest absolute Gasteiger partial charge is 0.323 e. The molecule has 0 spiro atoms. The Balaban J connectivity index is 3.98. The van der Waals surface area contributed by atoms with Crippen molar-refractivity contribution in [3.63, 3.8) is 0 Å². The van der Waals surface area contributed by atoms with Crippen LogP contribution in [0.25, 0.3) is 0 Å². The van der Waals surface area contributed by atoms with Crippen LogP contribution >= 0.6 is 0 Å². The van der Waals surface area contributed by atoms with E-state index in [1.54, 1.807) is 0 Å². The number of carboxylic acid groups (broad SMARTS) is 1. The fourth-order valence-corrected chi connectivity index (χ4v) is 0.962. The Kier molecular flexibility index (Phi) is 7.51. The lowest BCUT2D eigenvalue weighted by atomic mass is 10.4. The van der Waals surface area contributed by atoms with Gasteiger partial charge in [-0.15, -0.1) is 0 Å². The number of carbonyl (C=O) groups excluding carboxylic acids is 1. The first-order valence-corrected chi connectivity index (χ1v) is 4.53. The maximum absolute atomic E-state index is 11.4. The Labute approximate surface area is 87.3 Å². The molecule has 88 valence electrons. The molecule has 0 rings (SSSR count). The summed E-state index contributed by atoms with van der Waals surface area (Å²) in [5, 5.41) is 28.2. The predicted molar refractivity (Wildman–Crippen MR) is 51.3 cm³/mol. The molecule has 0 aliphatic carbocycles. The molecule has 0 heterocycles. The summed E-state index contributed by atoms with van der Waals surface area (Å²) >= 11 is 0. The van der Waals surface area contributed by atoms with Gasteiger partial charge in [-0.05, 0) is 0 Å². The molecule has 7 nitrogen and oxygen atoms in total. The molecule has 0 aromatic heterocycles. The minimum Gasteiger partial charge on any atom is -0.480 e. The zero-order chi connectivity index (χ0) is 11.7. The highest BCUT2D eigenvalue weighted by atomic mass is 16.4. The van der Waals surface area contributed by atoms with Crippen molar-refractivity contribution in [1.82, 2.24) is 10.2 Å². The highest BCUT2D eigenvalue weighted by Gasteiger charge is 2.15. The lowest BCUT2D eigenvalue weighted by Gasteiger charge is -2.19. The molecule has 0 aliphatic heterocycles. The van der Waals surface area contributed by atoms with E-state index in [-0.39, 0.29) is 32.8 Å². The number of aliphatic hydroxyl groups is 2. The van der Waals surface area contributed by atoms with Gasteiger partial charge in [0.15, 0.2) is 0 Å². The number of nitrogens with zero attached hydrogens (tertiary/aromatic N) is 1. The molecule has 7 heteroatoms. The van der Waals surface area contributed by atoms with Crippen LogP contribution in [0.5, 0.6) is 0 Å². The second-order valence-electron chi connectivity index (χ2n) is 2.83. The van der Waals surface area contributed by atoms with Crippen LogP contribution in [0.3, 0.4) is 0 Å². The van der Waals surface area contributed by atoms with E-state index in [0.29, 0.717) is 0 Å². The lowest BCUT2D eigenvalue weighted by Crippen LogP contribution is -2.43. The van der Waals surface area contributed by atoms with E-state index in [9.17, 15) is 9.59 Å². The average Bonchev–Trinajstić information content (AvgIpc) is 2.17. The van der Waals surface area contributed by atoms with Gasteiger partial charge in [0.05, 0.1) is 19.8 Å². The van der Waals surface area contributed by atoms with Gasteiger partial charge in [-0.3, -0.25) is 9.59 Å². The Hall–Kier alpha value is -1.18. The van der Waals surface area contributed by atoms with Gasteiger partial charge in [0, 0.05) is 13.1 Å². The minimum absolute atomic E-state index is 0.00800. The van der Waals surface area contributed by atoms with Gasteiger partial charge in [-0.25, -0.2) is 0 Å². The Morgan fingerprint density at radius 3 is 2.33 bits per heavy atom. The summed E-state index contributed by atoms with van der Waals surface area (Å²) in [6.45, 7) is -0.586. The Morgan fingerprint density at radius 1 is 1.20 bits per heavy atom. The van der Waals surface area contributed by atoms with Gasteiger partial charge < -0.3 is 25.5 Å². The molecule has 15 heavy (non-hydrogen) atoms. The minimum atomic E-state index is -1.13. The number of hydrogen-bond acceptors (Lipinski definition) is 5. The molecule has 4 N–H and O–H groups in total. The SMILES string of the molecule is O=C(O)CN(CCO)C(=O)CNCCO. The predicted octanol–water partition coefficient (Wildman–Crippen LogP) is -2.53. The van der Waals surface area contributed by atoms with E-state index < -0.39 is 18.4 Å². The molecule has 0 bridgehead atoms. The number of aliphatic carboxylic acids is 1. The van der Waals surface area contributed by atoms with Gasteiger partial charge in [-0.1, -0.05) is 0 Å². The summed E-state index contributed by atoms with van der Waals surface area (Å²) in [6, 6.07) is 0. The molecule has 0 atom stereocenters. The molecule has 0 radical (unpaired) electrons. The third kappa shape index (κ3) is 6.83. The molecule has 0 unspecified atom stereocenters. The van der Waals surface area contributed by atoms with E-state index in [2.05, 4.69) is 5.32 Å². The fraction of sp³-hybridized carbons (Fsp3) is 0.750. The van der Waals surface area contributed by atoms with Crippen molar-refractivity contribution in [2.45, 2.75) is 0 Å². The number of carboxylic acids is 1. The van der Waals surface area contributed by atoms with Gasteiger partial charge in [0.1, 0.15) is 6.54 Å². The average molecular weight is 220 g/mol. The number of aliphatic hydroxyl groups excluding tert-OH is 2. The van der Waals surface area contributed by atoms with E-state index in [1.165, 1.54) is 0 Å². The number of carbonyl (C=O) groups is 2. The normalized spacial score (nSPS) is 10.0. The maximum Gasteiger partial charge on any atom is 0.323 e. The lowest BCUT2D eigenvalue weighted by molar-refractivity contribution is -0.144. The summed E-state index contributed by atoms with van der Waals surface area (Å²) in [5.41, 5.74) is 0. The zero-order valence-electron chi connectivity index (χ0n) is 8.35. The van der Waals surface area contributed by atoms with Crippen LogP contribution in [0.2, 0.25) is 0 Å². The summed E-state index contributed by atoms with van der Waals surface area (Å²) in [5.74, 6) is -1.54. The van der Waals surface area contributed by atoms with Gasteiger partial charge in [-0.2, -0.15) is 0 Å². The first-order chi connectivity index (χ1) is 7.11. The fourth-order valence-electron chi connectivity index (χ4n) is 0.962. The summed E-state index contributed by atoms with van der Waals surface area (Å²) in [6.07, 6.45) is 0. The van der Waals surface area contributed by atoms with Crippen molar-refractivity contribution in [3.05, 3.63) is 0 Å². The van der Waals surface area contributed by atoms with Crippen molar-refractivity contribution in [2.24, 2.45) is 0 Å². The van der Waals surface area contributed by atoms with Crippen LogP contribution < -0.4 is 5.32 Å².